The molecule has 3 atom stereocenters. The Morgan fingerprint density at radius 2 is 1.59 bits per heavy atom. The second-order valence-corrected chi connectivity index (χ2v) is 9.92. The number of nitrogens with zero attached hydrogens (tertiary/aromatic N) is 2. The molecule has 144 valence electrons. The summed E-state index contributed by atoms with van der Waals surface area (Å²) in [7, 11) is -3.46. The zero-order valence-corrected chi connectivity index (χ0v) is 17.7. The third kappa shape index (κ3) is 4.06. The summed E-state index contributed by atoms with van der Waals surface area (Å²) in [6, 6.07) is 18.3. The number of nitrogens with one attached hydrogen (secondary N) is 1. The monoisotopic (exact) mass is 449 g/mol. The van der Waals surface area contributed by atoms with Crippen LogP contribution in [0.25, 0.3) is 0 Å². The van der Waals surface area contributed by atoms with Crippen molar-refractivity contribution < 1.29 is 8.42 Å². The normalized spacial score (nSPS) is 26.1. The Labute approximate surface area is 169 Å². The van der Waals surface area contributed by atoms with E-state index in [-0.39, 0.29) is 12.0 Å². The Hall–Kier alpha value is -1.41. The van der Waals surface area contributed by atoms with E-state index in [0.29, 0.717) is 32.1 Å². The van der Waals surface area contributed by atoms with Gasteiger partial charge in [-0.1, -0.05) is 53.2 Å². The van der Waals surface area contributed by atoms with Crippen molar-refractivity contribution in [3.8, 4) is 0 Å². The van der Waals surface area contributed by atoms with Gasteiger partial charge in [0.1, 0.15) is 0 Å². The Bertz CT molecular complexity index is 881. The number of anilines is 1. The van der Waals surface area contributed by atoms with E-state index in [1.807, 2.05) is 30.3 Å². The summed E-state index contributed by atoms with van der Waals surface area (Å²) < 4.78 is 31.2. The van der Waals surface area contributed by atoms with Crippen LogP contribution in [0.5, 0.6) is 0 Å². The summed E-state index contributed by atoms with van der Waals surface area (Å²) in [6.45, 7) is 4.51. The van der Waals surface area contributed by atoms with Crippen molar-refractivity contribution in [1.82, 2.24) is 9.03 Å². The molecule has 0 aromatic heterocycles. The van der Waals surface area contributed by atoms with Crippen LogP contribution in [0, 0.1) is 5.92 Å². The number of piperazine rings is 1. The summed E-state index contributed by atoms with van der Waals surface area (Å²) in [5.41, 5.74) is 2.33. The van der Waals surface area contributed by atoms with Crippen LogP contribution in [0.1, 0.15) is 18.4 Å². The Balaban J connectivity index is 1.36. The van der Waals surface area contributed by atoms with Crippen LogP contribution in [-0.4, -0.2) is 44.9 Å². The van der Waals surface area contributed by atoms with Gasteiger partial charge in [0.15, 0.2) is 0 Å². The first-order valence-corrected chi connectivity index (χ1v) is 11.5. The van der Waals surface area contributed by atoms with Gasteiger partial charge in [-0.25, -0.2) is 0 Å². The molecule has 1 N–H and O–H groups in total. The summed E-state index contributed by atoms with van der Waals surface area (Å²) in [6.07, 6.45) is 0. The predicted octanol–water partition coefficient (Wildman–Crippen LogP) is 3.21. The van der Waals surface area contributed by atoms with Crippen molar-refractivity contribution >= 4 is 31.8 Å². The average molecular weight is 450 g/mol. The third-order valence-corrected chi connectivity index (χ3v) is 7.76. The van der Waals surface area contributed by atoms with Crippen LogP contribution in [0.15, 0.2) is 59.1 Å². The molecule has 0 bridgehead atoms. The Morgan fingerprint density at radius 3 is 2.22 bits per heavy atom. The van der Waals surface area contributed by atoms with Crippen LogP contribution in [0.2, 0.25) is 0 Å². The van der Waals surface area contributed by atoms with Crippen molar-refractivity contribution in [2.75, 3.05) is 31.1 Å². The van der Waals surface area contributed by atoms with Gasteiger partial charge in [-0.05, 0) is 35.7 Å². The van der Waals surface area contributed by atoms with Gasteiger partial charge in [0, 0.05) is 48.3 Å². The van der Waals surface area contributed by atoms with Crippen molar-refractivity contribution in [3.63, 3.8) is 0 Å². The minimum absolute atomic E-state index is 0.0121. The fourth-order valence-corrected chi connectivity index (χ4v) is 5.68. The average Bonchev–Trinajstić information content (AvgIpc) is 3.31. The zero-order chi connectivity index (χ0) is 19.0. The van der Waals surface area contributed by atoms with Crippen LogP contribution in [0.4, 0.5) is 5.69 Å². The van der Waals surface area contributed by atoms with E-state index in [2.05, 4.69) is 56.7 Å². The maximum atomic E-state index is 12.8. The summed E-state index contributed by atoms with van der Waals surface area (Å²) >= 11 is 3.45. The van der Waals surface area contributed by atoms with E-state index in [9.17, 15) is 8.42 Å². The molecule has 5 nitrogen and oxygen atoms in total. The Morgan fingerprint density at radius 1 is 0.963 bits per heavy atom. The van der Waals surface area contributed by atoms with E-state index < -0.39 is 10.2 Å². The largest absolute Gasteiger partial charge is 0.369 e. The molecular formula is C20H24BrN3O2S. The lowest BCUT2D eigenvalue weighted by Gasteiger charge is -2.35. The van der Waals surface area contributed by atoms with Gasteiger partial charge in [0.25, 0.3) is 10.2 Å². The summed E-state index contributed by atoms with van der Waals surface area (Å²) in [4.78, 5) is 2.23. The molecule has 7 heteroatoms. The lowest BCUT2D eigenvalue weighted by molar-refractivity contribution is 0.377. The van der Waals surface area contributed by atoms with E-state index in [1.54, 1.807) is 4.31 Å². The number of hydrogen-bond donors (Lipinski definition) is 1. The molecule has 4 rings (SSSR count). The van der Waals surface area contributed by atoms with Gasteiger partial charge >= 0.3 is 0 Å². The van der Waals surface area contributed by atoms with Gasteiger partial charge < -0.3 is 4.90 Å². The zero-order valence-electron chi connectivity index (χ0n) is 15.3. The molecule has 27 heavy (non-hydrogen) atoms. The molecule has 1 saturated carbocycles. The van der Waals surface area contributed by atoms with Gasteiger partial charge in [0.2, 0.25) is 0 Å². The van der Waals surface area contributed by atoms with Crippen LogP contribution < -0.4 is 9.62 Å². The molecule has 1 aliphatic heterocycles. The first kappa shape index (κ1) is 18.9. The summed E-state index contributed by atoms with van der Waals surface area (Å²) in [5, 5.41) is 0. The molecule has 1 saturated heterocycles. The molecule has 2 aromatic carbocycles. The second-order valence-electron chi connectivity index (χ2n) is 7.31. The molecule has 1 aliphatic carbocycles. The molecular weight excluding hydrogens is 426 g/mol. The van der Waals surface area contributed by atoms with E-state index in [1.165, 1.54) is 5.56 Å². The highest BCUT2D eigenvalue weighted by Gasteiger charge is 2.50. The maximum Gasteiger partial charge on any atom is 0.279 e. The quantitative estimate of drug-likeness (QED) is 0.762. The fraction of sp³-hybridized carbons (Fsp3) is 0.400. The highest BCUT2D eigenvalue weighted by Crippen LogP contribution is 2.47. The third-order valence-electron chi connectivity index (χ3n) is 5.62. The van der Waals surface area contributed by atoms with Gasteiger partial charge in [-0.3, -0.25) is 0 Å². The van der Waals surface area contributed by atoms with Crippen molar-refractivity contribution in [1.29, 1.82) is 0 Å². The topological polar surface area (TPSA) is 52.7 Å². The van der Waals surface area contributed by atoms with Gasteiger partial charge in [0.05, 0.1) is 0 Å². The fourth-order valence-electron chi connectivity index (χ4n) is 3.91. The number of benzene rings is 2. The van der Waals surface area contributed by atoms with Crippen molar-refractivity contribution in [2.45, 2.75) is 18.9 Å². The van der Waals surface area contributed by atoms with Gasteiger partial charge in [-0.15, -0.1) is 0 Å². The first-order chi connectivity index (χ1) is 13.0. The molecule has 0 unspecified atom stereocenters. The number of halogens is 1. The van der Waals surface area contributed by atoms with Crippen LogP contribution in [0.3, 0.4) is 0 Å². The number of rotatable bonds is 5. The predicted molar refractivity (Wildman–Crippen MR) is 112 cm³/mol. The standard InChI is InChI=1S/C20H24BrN3O2S/c1-15-19(16-5-3-2-4-6-16)20(15)22-27(25,26)24-13-11-23(12-14-24)18-9-7-17(21)8-10-18/h2-10,15,19-20,22H,11-14H2,1H3/t15-,19-,20+/m1/s1. The minimum atomic E-state index is -3.46. The highest BCUT2D eigenvalue weighted by atomic mass is 79.9. The molecule has 0 amide bonds. The number of hydrogen-bond acceptors (Lipinski definition) is 3. The van der Waals surface area contributed by atoms with Gasteiger partial charge in [-0.2, -0.15) is 17.4 Å². The molecule has 0 radical (unpaired) electrons. The van der Waals surface area contributed by atoms with Crippen LogP contribution in [-0.2, 0) is 10.2 Å². The molecule has 1 heterocycles. The van der Waals surface area contributed by atoms with E-state index in [0.717, 1.165) is 10.2 Å². The maximum absolute atomic E-state index is 12.8. The van der Waals surface area contributed by atoms with Crippen molar-refractivity contribution in [2.24, 2.45) is 5.92 Å². The minimum Gasteiger partial charge on any atom is -0.369 e. The molecule has 2 fully saturated rings. The van der Waals surface area contributed by atoms with E-state index >= 15 is 0 Å². The molecule has 2 aliphatic rings. The van der Waals surface area contributed by atoms with E-state index in [4.69, 9.17) is 0 Å². The smallest absolute Gasteiger partial charge is 0.279 e. The molecule has 0 spiro atoms. The molecule has 2 aromatic rings. The summed E-state index contributed by atoms with van der Waals surface area (Å²) in [5.74, 6) is 0.594. The second kappa shape index (κ2) is 7.54. The SMILES string of the molecule is C[C@H]1[C@H](NS(=O)(=O)N2CCN(c3ccc(Br)cc3)CC2)[C@H]1c1ccccc1. The van der Waals surface area contributed by atoms with Crippen LogP contribution >= 0.6 is 15.9 Å². The Kier molecular flexibility index (Phi) is 5.29. The lowest BCUT2D eigenvalue weighted by Crippen LogP contribution is -2.52. The lowest BCUT2D eigenvalue weighted by atomic mass is 10.1. The highest BCUT2D eigenvalue weighted by molar-refractivity contribution is 9.10. The van der Waals surface area contributed by atoms with Crippen molar-refractivity contribution in [3.05, 3.63) is 64.6 Å². The first-order valence-electron chi connectivity index (χ1n) is 9.28.